The van der Waals surface area contributed by atoms with Crippen LogP contribution in [0.25, 0.3) is 0 Å². The zero-order valence-corrected chi connectivity index (χ0v) is 14.2. The molecule has 0 aliphatic rings. The minimum absolute atomic E-state index is 0.118. The molecule has 0 bridgehead atoms. The Balaban J connectivity index is 1.63. The van der Waals surface area contributed by atoms with Crippen molar-refractivity contribution < 1.29 is 13.9 Å². The Kier molecular flexibility index (Phi) is 5.43. The van der Waals surface area contributed by atoms with E-state index in [1.165, 1.54) is 12.3 Å². The van der Waals surface area contributed by atoms with Gasteiger partial charge in [0.1, 0.15) is 17.4 Å². The van der Waals surface area contributed by atoms with Gasteiger partial charge in [-0.3, -0.25) is 4.79 Å². The highest BCUT2D eigenvalue weighted by Crippen LogP contribution is 2.26. The third-order valence-electron chi connectivity index (χ3n) is 3.79. The number of aromatic nitrogens is 1. The molecule has 0 aliphatic heterocycles. The molecule has 26 heavy (non-hydrogen) atoms. The van der Waals surface area contributed by atoms with Gasteiger partial charge < -0.3 is 15.4 Å². The predicted molar refractivity (Wildman–Crippen MR) is 98.1 cm³/mol. The molecule has 0 radical (unpaired) electrons. The number of pyridine rings is 1. The summed E-state index contributed by atoms with van der Waals surface area (Å²) in [5.41, 5.74) is 1.61. The number of amides is 1. The Morgan fingerprint density at radius 2 is 1.85 bits per heavy atom. The van der Waals surface area contributed by atoms with E-state index in [9.17, 15) is 9.18 Å². The lowest BCUT2D eigenvalue weighted by Crippen LogP contribution is -2.23. The summed E-state index contributed by atoms with van der Waals surface area (Å²) in [7, 11) is 1.59. The molecule has 0 saturated carbocycles. The number of methoxy groups -OCH3 is 1. The van der Waals surface area contributed by atoms with Crippen molar-refractivity contribution in [3.63, 3.8) is 0 Å². The van der Waals surface area contributed by atoms with Gasteiger partial charge in [-0.2, -0.15) is 0 Å². The molecule has 0 aliphatic carbocycles. The Hall–Kier alpha value is -3.41. The number of hydrogen-bond acceptors (Lipinski definition) is 4. The lowest BCUT2D eigenvalue weighted by atomic mass is 10.2. The van der Waals surface area contributed by atoms with Gasteiger partial charge in [0, 0.05) is 18.3 Å². The van der Waals surface area contributed by atoms with Crippen molar-refractivity contribution in [2.24, 2.45) is 0 Å². The van der Waals surface area contributed by atoms with E-state index >= 15 is 0 Å². The molecule has 2 aromatic carbocycles. The first-order chi connectivity index (χ1) is 12.7. The van der Waals surface area contributed by atoms with Crippen molar-refractivity contribution in [3.8, 4) is 5.75 Å². The maximum atomic E-state index is 13.6. The summed E-state index contributed by atoms with van der Waals surface area (Å²) >= 11 is 0. The SMILES string of the molecule is COc1ccccc1Nc1ccc(C(=O)NCc2ccccc2F)cn1. The number of anilines is 2. The summed E-state index contributed by atoms with van der Waals surface area (Å²) < 4.78 is 18.9. The van der Waals surface area contributed by atoms with Gasteiger partial charge in [-0.15, -0.1) is 0 Å². The van der Waals surface area contributed by atoms with Gasteiger partial charge in [0.2, 0.25) is 0 Å². The molecule has 6 heteroatoms. The molecule has 3 aromatic rings. The van der Waals surface area contributed by atoms with Crippen LogP contribution in [0.4, 0.5) is 15.9 Å². The third kappa shape index (κ3) is 4.16. The van der Waals surface area contributed by atoms with Crippen LogP contribution in [-0.2, 0) is 6.54 Å². The van der Waals surface area contributed by atoms with E-state index in [4.69, 9.17) is 4.74 Å². The molecule has 0 saturated heterocycles. The first-order valence-electron chi connectivity index (χ1n) is 8.05. The minimum Gasteiger partial charge on any atom is -0.495 e. The maximum Gasteiger partial charge on any atom is 0.253 e. The lowest BCUT2D eigenvalue weighted by Gasteiger charge is -2.10. The Labute approximate surface area is 150 Å². The number of nitrogens with zero attached hydrogens (tertiary/aromatic N) is 1. The maximum absolute atomic E-state index is 13.6. The monoisotopic (exact) mass is 351 g/mol. The van der Waals surface area contributed by atoms with Crippen molar-refractivity contribution in [1.82, 2.24) is 10.3 Å². The Morgan fingerprint density at radius 1 is 1.08 bits per heavy atom. The third-order valence-corrected chi connectivity index (χ3v) is 3.79. The molecule has 1 amide bonds. The van der Waals surface area contributed by atoms with Crippen LogP contribution in [0.3, 0.4) is 0 Å². The fourth-order valence-corrected chi connectivity index (χ4v) is 2.41. The molecule has 0 atom stereocenters. The number of carbonyl (C=O) groups excluding carboxylic acids is 1. The zero-order chi connectivity index (χ0) is 18.4. The van der Waals surface area contributed by atoms with E-state index in [-0.39, 0.29) is 18.3 Å². The van der Waals surface area contributed by atoms with Gasteiger partial charge in [0.25, 0.3) is 5.91 Å². The van der Waals surface area contributed by atoms with Gasteiger partial charge in [0.15, 0.2) is 0 Å². The topological polar surface area (TPSA) is 63.2 Å². The number of carbonyl (C=O) groups is 1. The summed E-state index contributed by atoms with van der Waals surface area (Å²) in [4.78, 5) is 16.4. The molecule has 2 N–H and O–H groups in total. The second kappa shape index (κ2) is 8.11. The van der Waals surface area contributed by atoms with Gasteiger partial charge >= 0.3 is 0 Å². The number of benzene rings is 2. The van der Waals surface area contributed by atoms with Crippen LogP contribution < -0.4 is 15.4 Å². The molecule has 0 fully saturated rings. The van der Waals surface area contributed by atoms with E-state index in [0.717, 1.165) is 5.69 Å². The summed E-state index contributed by atoms with van der Waals surface area (Å²) in [6, 6.07) is 17.2. The lowest BCUT2D eigenvalue weighted by molar-refractivity contribution is 0.0950. The van der Waals surface area contributed by atoms with Crippen LogP contribution in [0.1, 0.15) is 15.9 Å². The summed E-state index contributed by atoms with van der Waals surface area (Å²) in [5, 5.41) is 5.82. The Bertz CT molecular complexity index is 898. The molecule has 5 nitrogen and oxygen atoms in total. The van der Waals surface area contributed by atoms with Crippen molar-refractivity contribution in [2.75, 3.05) is 12.4 Å². The molecule has 0 unspecified atom stereocenters. The first-order valence-corrected chi connectivity index (χ1v) is 8.05. The largest absolute Gasteiger partial charge is 0.495 e. The van der Waals surface area contributed by atoms with Crippen molar-refractivity contribution in [3.05, 3.63) is 83.8 Å². The fraction of sp³-hybridized carbons (Fsp3) is 0.100. The van der Waals surface area contributed by atoms with E-state index in [0.29, 0.717) is 22.7 Å². The molecular formula is C20H18FN3O2. The van der Waals surface area contributed by atoms with Crippen molar-refractivity contribution in [2.45, 2.75) is 6.54 Å². The van der Waals surface area contributed by atoms with Crippen molar-refractivity contribution in [1.29, 1.82) is 0 Å². The molecule has 3 rings (SSSR count). The second-order valence-electron chi connectivity index (χ2n) is 5.53. The van der Waals surface area contributed by atoms with Gasteiger partial charge in [0.05, 0.1) is 18.4 Å². The average Bonchev–Trinajstić information content (AvgIpc) is 2.68. The summed E-state index contributed by atoms with van der Waals surface area (Å²) in [6.07, 6.45) is 1.47. The highest BCUT2D eigenvalue weighted by atomic mass is 19.1. The summed E-state index contributed by atoms with van der Waals surface area (Å²) in [6.45, 7) is 0.118. The number of nitrogens with one attached hydrogen (secondary N) is 2. The first kappa shape index (κ1) is 17.4. The Morgan fingerprint density at radius 3 is 2.58 bits per heavy atom. The van der Waals surface area contributed by atoms with Crippen LogP contribution in [-0.4, -0.2) is 18.0 Å². The van der Waals surface area contributed by atoms with Crippen molar-refractivity contribution >= 4 is 17.4 Å². The minimum atomic E-state index is -0.345. The van der Waals surface area contributed by atoms with Gasteiger partial charge in [-0.05, 0) is 30.3 Å². The van der Waals surface area contributed by atoms with E-state index in [1.54, 1.807) is 37.4 Å². The van der Waals surface area contributed by atoms with Crippen LogP contribution >= 0.6 is 0 Å². The molecule has 1 heterocycles. The van der Waals surface area contributed by atoms with Crippen LogP contribution in [0.2, 0.25) is 0 Å². The predicted octanol–water partition coefficient (Wildman–Crippen LogP) is 3.90. The molecular weight excluding hydrogens is 333 g/mol. The second-order valence-corrected chi connectivity index (χ2v) is 5.53. The van der Waals surface area contributed by atoms with Gasteiger partial charge in [-0.25, -0.2) is 9.37 Å². The number of hydrogen-bond donors (Lipinski definition) is 2. The number of halogens is 1. The molecule has 132 valence electrons. The van der Waals surface area contributed by atoms with Crippen LogP contribution in [0.15, 0.2) is 66.9 Å². The van der Waals surface area contributed by atoms with Gasteiger partial charge in [-0.1, -0.05) is 30.3 Å². The molecule has 1 aromatic heterocycles. The normalized spacial score (nSPS) is 10.2. The van der Waals surface area contributed by atoms with Crippen LogP contribution in [0, 0.1) is 5.82 Å². The zero-order valence-electron chi connectivity index (χ0n) is 14.2. The quantitative estimate of drug-likeness (QED) is 0.707. The van der Waals surface area contributed by atoms with Crippen LogP contribution in [0.5, 0.6) is 5.75 Å². The van der Waals surface area contributed by atoms with E-state index in [2.05, 4.69) is 15.6 Å². The number of rotatable bonds is 6. The highest BCUT2D eigenvalue weighted by molar-refractivity contribution is 5.94. The standard InChI is InChI=1S/C20H18FN3O2/c1-26-18-9-5-4-8-17(18)24-19-11-10-15(13-22-19)20(25)23-12-14-6-2-3-7-16(14)21/h2-11,13H,12H2,1H3,(H,22,24)(H,23,25). The van der Waals surface area contributed by atoms with E-state index in [1.807, 2.05) is 24.3 Å². The summed E-state index contributed by atoms with van der Waals surface area (Å²) in [5.74, 6) is 0.619. The smallest absolute Gasteiger partial charge is 0.253 e. The highest BCUT2D eigenvalue weighted by Gasteiger charge is 2.09. The van der Waals surface area contributed by atoms with E-state index < -0.39 is 0 Å². The number of para-hydroxylation sites is 2. The number of ether oxygens (including phenoxy) is 1. The fourth-order valence-electron chi connectivity index (χ4n) is 2.41. The molecule has 0 spiro atoms. The average molecular weight is 351 g/mol.